The summed E-state index contributed by atoms with van der Waals surface area (Å²) in [4.78, 5) is 0. The predicted octanol–water partition coefficient (Wildman–Crippen LogP) is 4.02. The highest BCUT2D eigenvalue weighted by atomic mass is 16.3. The van der Waals surface area contributed by atoms with E-state index in [1.165, 1.54) is 0 Å². The van der Waals surface area contributed by atoms with E-state index in [0.717, 1.165) is 34.2 Å². The van der Waals surface area contributed by atoms with Gasteiger partial charge in [-0.2, -0.15) is 0 Å². The van der Waals surface area contributed by atoms with Gasteiger partial charge in [-0.1, -0.05) is 32.0 Å². The molecule has 3 rings (SSSR count). The number of furan rings is 1. The van der Waals surface area contributed by atoms with Gasteiger partial charge in [0, 0.05) is 35.0 Å². The Balaban J connectivity index is 1.95. The summed E-state index contributed by atoms with van der Waals surface area (Å²) >= 11 is 0. The quantitative estimate of drug-likeness (QED) is 0.752. The first-order valence-corrected chi connectivity index (χ1v) is 6.85. The monoisotopic (exact) mass is 269 g/mol. The van der Waals surface area contributed by atoms with Gasteiger partial charge in [0.2, 0.25) is 0 Å². The summed E-state index contributed by atoms with van der Waals surface area (Å²) in [7, 11) is 0. The highest BCUT2D eigenvalue weighted by Crippen LogP contribution is 2.30. The normalized spacial score (nSPS) is 12.2. The van der Waals surface area contributed by atoms with Crippen LogP contribution >= 0.6 is 0 Å². The lowest BCUT2D eigenvalue weighted by Crippen LogP contribution is -2.26. The predicted molar refractivity (Wildman–Crippen MR) is 83.1 cm³/mol. The van der Waals surface area contributed by atoms with Crippen molar-refractivity contribution < 1.29 is 9.52 Å². The molecule has 0 saturated carbocycles. The lowest BCUT2D eigenvalue weighted by molar-refractivity contribution is 0.171. The van der Waals surface area contributed by atoms with Crippen molar-refractivity contribution in [3.05, 3.63) is 42.5 Å². The SMILES string of the molecule is CC(C)(CO)CNc1ccc2oc3ccccc3c2c1. The molecule has 0 aliphatic rings. The van der Waals surface area contributed by atoms with Gasteiger partial charge in [-0.3, -0.25) is 0 Å². The first kappa shape index (κ1) is 13.0. The summed E-state index contributed by atoms with van der Waals surface area (Å²) in [5, 5.41) is 14.9. The van der Waals surface area contributed by atoms with Crippen molar-refractivity contribution in [2.24, 2.45) is 5.41 Å². The van der Waals surface area contributed by atoms with E-state index in [9.17, 15) is 5.11 Å². The van der Waals surface area contributed by atoms with Crippen molar-refractivity contribution >= 4 is 27.6 Å². The molecule has 0 saturated heterocycles. The third-order valence-corrected chi connectivity index (χ3v) is 3.58. The Bertz CT molecular complexity index is 743. The van der Waals surface area contributed by atoms with Crippen LogP contribution in [0.5, 0.6) is 0 Å². The van der Waals surface area contributed by atoms with E-state index in [-0.39, 0.29) is 12.0 Å². The molecule has 0 spiro atoms. The van der Waals surface area contributed by atoms with Crippen molar-refractivity contribution in [1.29, 1.82) is 0 Å². The van der Waals surface area contributed by atoms with Crippen LogP contribution in [-0.2, 0) is 0 Å². The minimum atomic E-state index is -0.132. The molecule has 0 fully saturated rings. The number of aliphatic hydroxyl groups excluding tert-OH is 1. The van der Waals surface area contributed by atoms with Crippen LogP contribution in [0.2, 0.25) is 0 Å². The Morgan fingerprint density at radius 1 is 1.05 bits per heavy atom. The molecule has 3 nitrogen and oxygen atoms in total. The largest absolute Gasteiger partial charge is 0.456 e. The van der Waals surface area contributed by atoms with E-state index in [2.05, 4.69) is 17.4 Å². The molecule has 0 aliphatic carbocycles. The van der Waals surface area contributed by atoms with Crippen LogP contribution in [0.25, 0.3) is 21.9 Å². The molecule has 0 aliphatic heterocycles. The average molecular weight is 269 g/mol. The molecule has 0 atom stereocenters. The second-order valence-electron chi connectivity index (χ2n) is 5.99. The Hall–Kier alpha value is -2.00. The number of para-hydroxylation sites is 1. The van der Waals surface area contributed by atoms with Crippen LogP contribution in [0, 0.1) is 5.41 Å². The number of nitrogens with one attached hydrogen (secondary N) is 1. The lowest BCUT2D eigenvalue weighted by atomic mass is 9.95. The summed E-state index contributed by atoms with van der Waals surface area (Å²) in [6, 6.07) is 14.2. The minimum absolute atomic E-state index is 0.132. The molecule has 0 unspecified atom stereocenters. The number of aliphatic hydroxyl groups is 1. The molecule has 0 radical (unpaired) electrons. The van der Waals surface area contributed by atoms with Crippen molar-refractivity contribution in [2.75, 3.05) is 18.5 Å². The molecule has 1 aromatic heterocycles. The molecule has 3 aromatic rings. The molecular formula is C17H19NO2. The maximum atomic E-state index is 9.30. The highest BCUT2D eigenvalue weighted by molar-refractivity contribution is 6.05. The van der Waals surface area contributed by atoms with Crippen molar-refractivity contribution in [2.45, 2.75) is 13.8 Å². The topological polar surface area (TPSA) is 45.4 Å². The van der Waals surface area contributed by atoms with Crippen molar-refractivity contribution in [1.82, 2.24) is 0 Å². The highest BCUT2D eigenvalue weighted by Gasteiger charge is 2.16. The Kier molecular flexibility index (Phi) is 3.14. The zero-order valence-electron chi connectivity index (χ0n) is 11.8. The first-order chi connectivity index (χ1) is 9.59. The van der Waals surface area contributed by atoms with Crippen LogP contribution in [0.3, 0.4) is 0 Å². The zero-order valence-corrected chi connectivity index (χ0v) is 11.8. The fraction of sp³-hybridized carbons (Fsp3) is 0.294. The molecule has 2 N–H and O–H groups in total. The van der Waals surface area contributed by atoms with E-state index in [0.29, 0.717) is 0 Å². The standard InChI is InChI=1S/C17H19NO2/c1-17(2,11-19)10-18-12-7-8-16-14(9-12)13-5-3-4-6-15(13)20-16/h3-9,18-19H,10-11H2,1-2H3. The van der Waals surface area contributed by atoms with Crippen molar-refractivity contribution in [3.63, 3.8) is 0 Å². The fourth-order valence-corrected chi connectivity index (χ4v) is 2.23. The van der Waals surface area contributed by atoms with Gasteiger partial charge in [-0.05, 0) is 24.3 Å². The van der Waals surface area contributed by atoms with Gasteiger partial charge < -0.3 is 14.8 Å². The molecule has 0 amide bonds. The number of hydrogen-bond donors (Lipinski definition) is 2. The number of fused-ring (bicyclic) bond motifs is 3. The van der Waals surface area contributed by atoms with E-state index in [1.807, 2.05) is 44.2 Å². The lowest BCUT2D eigenvalue weighted by Gasteiger charge is -2.22. The number of anilines is 1. The first-order valence-electron chi connectivity index (χ1n) is 6.85. The maximum absolute atomic E-state index is 9.30. The third kappa shape index (κ3) is 2.37. The summed E-state index contributed by atoms with van der Waals surface area (Å²) in [6.07, 6.45) is 0. The van der Waals surface area contributed by atoms with Gasteiger partial charge in [0.25, 0.3) is 0 Å². The second kappa shape index (κ2) is 4.84. The fourth-order valence-electron chi connectivity index (χ4n) is 2.23. The van der Waals surface area contributed by atoms with Crippen molar-refractivity contribution in [3.8, 4) is 0 Å². The Morgan fingerprint density at radius 3 is 2.60 bits per heavy atom. The number of benzene rings is 2. The average Bonchev–Trinajstić information content (AvgIpc) is 2.83. The molecule has 2 aromatic carbocycles. The van der Waals surface area contributed by atoms with Crippen LogP contribution in [0.15, 0.2) is 46.9 Å². The van der Waals surface area contributed by atoms with Crippen LogP contribution in [-0.4, -0.2) is 18.3 Å². The molecule has 104 valence electrons. The van der Waals surface area contributed by atoms with Gasteiger partial charge in [0.15, 0.2) is 0 Å². The molecule has 3 heteroatoms. The van der Waals surface area contributed by atoms with E-state index < -0.39 is 0 Å². The van der Waals surface area contributed by atoms with Gasteiger partial charge in [0.1, 0.15) is 11.2 Å². The molecule has 20 heavy (non-hydrogen) atoms. The van der Waals surface area contributed by atoms with Crippen LogP contribution in [0.1, 0.15) is 13.8 Å². The summed E-state index contributed by atoms with van der Waals surface area (Å²) in [6.45, 7) is 4.96. The van der Waals surface area contributed by atoms with Crippen LogP contribution < -0.4 is 5.32 Å². The van der Waals surface area contributed by atoms with Gasteiger partial charge in [-0.25, -0.2) is 0 Å². The molecule has 1 heterocycles. The van der Waals surface area contributed by atoms with Gasteiger partial charge >= 0.3 is 0 Å². The second-order valence-corrected chi connectivity index (χ2v) is 5.99. The Morgan fingerprint density at radius 2 is 1.80 bits per heavy atom. The van der Waals surface area contributed by atoms with Gasteiger partial charge in [0.05, 0.1) is 0 Å². The van der Waals surface area contributed by atoms with Crippen LogP contribution in [0.4, 0.5) is 5.69 Å². The number of rotatable bonds is 4. The van der Waals surface area contributed by atoms with E-state index >= 15 is 0 Å². The summed E-state index contributed by atoms with van der Waals surface area (Å²) in [5.41, 5.74) is 2.73. The summed E-state index contributed by atoms with van der Waals surface area (Å²) < 4.78 is 5.81. The third-order valence-electron chi connectivity index (χ3n) is 3.58. The smallest absolute Gasteiger partial charge is 0.135 e. The number of hydrogen-bond acceptors (Lipinski definition) is 3. The maximum Gasteiger partial charge on any atom is 0.135 e. The summed E-state index contributed by atoms with van der Waals surface area (Å²) in [5.74, 6) is 0. The Labute approximate surface area is 118 Å². The molecule has 0 bridgehead atoms. The zero-order chi connectivity index (χ0) is 14.2. The van der Waals surface area contributed by atoms with E-state index in [1.54, 1.807) is 0 Å². The molecular weight excluding hydrogens is 250 g/mol. The van der Waals surface area contributed by atoms with Gasteiger partial charge in [-0.15, -0.1) is 0 Å². The minimum Gasteiger partial charge on any atom is -0.456 e. The van der Waals surface area contributed by atoms with E-state index in [4.69, 9.17) is 4.42 Å².